The fraction of sp³-hybridized carbons (Fsp3) is 0.353. The van der Waals surface area contributed by atoms with Gasteiger partial charge in [0, 0.05) is 6.54 Å². The minimum Gasteiger partial charge on any atom is -0.490 e. The van der Waals surface area contributed by atoms with Crippen molar-refractivity contribution in [1.29, 1.82) is 0 Å². The summed E-state index contributed by atoms with van der Waals surface area (Å²) in [4.78, 5) is 11.8. The number of ether oxygens (including phenoxy) is 2. The average molecular weight is 303 g/mol. The molecule has 0 aliphatic carbocycles. The van der Waals surface area contributed by atoms with Crippen LogP contribution in [0.2, 0.25) is 0 Å². The standard InChI is InChI=1S/C17H21NO4/c1-3-20-14-8-7-13(12-16(14)21-4-2)9-10-18-17(19)15-6-5-11-22-15/h5-8,11-12H,3-4,9-10H2,1-2H3,(H,18,19). The smallest absolute Gasteiger partial charge is 0.286 e. The first-order valence-corrected chi connectivity index (χ1v) is 7.44. The van der Waals surface area contributed by atoms with Gasteiger partial charge in [0.25, 0.3) is 5.91 Å². The molecule has 0 saturated carbocycles. The van der Waals surface area contributed by atoms with Crippen LogP contribution in [-0.2, 0) is 6.42 Å². The van der Waals surface area contributed by atoms with Gasteiger partial charge in [0.05, 0.1) is 19.5 Å². The van der Waals surface area contributed by atoms with Crippen molar-refractivity contribution >= 4 is 5.91 Å². The summed E-state index contributed by atoms with van der Waals surface area (Å²) >= 11 is 0. The fourth-order valence-corrected chi connectivity index (χ4v) is 2.07. The van der Waals surface area contributed by atoms with E-state index in [1.807, 2.05) is 32.0 Å². The molecule has 0 unspecified atom stereocenters. The van der Waals surface area contributed by atoms with Gasteiger partial charge in [-0.2, -0.15) is 0 Å². The molecule has 1 N–H and O–H groups in total. The van der Waals surface area contributed by atoms with Crippen molar-refractivity contribution in [3.8, 4) is 11.5 Å². The van der Waals surface area contributed by atoms with E-state index in [1.54, 1.807) is 12.1 Å². The van der Waals surface area contributed by atoms with Crippen LogP contribution < -0.4 is 14.8 Å². The van der Waals surface area contributed by atoms with E-state index in [4.69, 9.17) is 13.9 Å². The molecule has 0 bridgehead atoms. The molecule has 1 amide bonds. The van der Waals surface area contributed by atoms with Gasteiger partial charge < -0.3 is 19.2 Å². The van der Waals surface area contributed by atoms with Crippen LogP contribution in [0, 0.1) is 0 Å². The Kier molecular flexibility index (Phi) is 5.89. The summed E-state index contributed by atoms with van der Waals surface area (Å²) in [6, 6.07) is 9.16. The molecule has 0 saturated heterocycles. The Balaban J connectivity index is 1.92. The molecule has 1 heterocycles. The largest absolute Gasteiger partial charge is 0.490 e. The molecule has 0 aliphatic heterocycles. The Hall–Kier alpha value is -2.43. The van der Waals surface area contributed by atoms with Crippen LogP contribution in [-0.4, -0.2) is 25.7 Å². The van der Waals surface area contributed by atoms with Crippen LogP contribution in [0.5, 0.6) is 11.5 Å². The molecule has 22 heavy (non-hydrogen) atoms. The van der Waals surface area contributed by atoms with Crippen LogP contribution in [0.15, 0.2) is 41.0 Å². The van der Waals surface area contributed by atoms with E-state index in [9.17, 15) is 4.79 Å². The monoisotopic (exact) mass is 303 g/mol. The van der Waals surface area contributed by atoms with Gasteiger partial charge in [0.2, 0.25) is 0 Å². The molecule has 1 aromatic heterocycles. The van der Waals surface area contributed by atoms with Crippen LogP contribution in [0.25, 0.3) is 0 Å². The maximum Gasteiger partial charge on any atom is 0.286 e. The van der Waals surface area contributed by atoms with Crippen LogP contribution in [0.4, 0.5) is 0 Å². The molecule has 0 aliphatic rings. The lowest BCUT2D eigenvalue weighted by atomic mass is 10.1. The van der Waals surface area contributed by atoms with Crippen LogP contribution in [0.1, 0.15) is 30.0 Å². The molecule has 5 heteroatoms. The Bertz CT molecular complexity index is 593. The van der Waals surface area contributed by atoms with E-state index < -0.39 is 0 Å². The number of carbonyl (C=O) groups excluding carboxylic acids is 1. The molecule has 5 nitrogen and oxygen atoms in total. The number of amides is 1. The highest BCUT2D eigenvalue weighted by molar-refractivity contribution is 5.91. The summed E-state index contributed by atoms with van der Waals surface area (Å²) < 4.78 is 16.2. The Labute approximate surface area is 130 Å². The number of furan rings is 1. The predicted octanol–water partition coefficient (Wildman–Crippen LogP) is 3.05. The second-order valence-electron chi connectivity index (χ2n) is 4.63. The van der Waals surface area contributed by atoms with Gasteiger partial charge in [0.1, 0.15) is 0 Å². The molecule has 2 aromatic rings. The molecular weight excluding hydrogens is 282 g/mol. The van der Waals surface area contributed by atoms with E-state index >= 15 is 0 Å². The minimum atomic E-state index is -0.207. The molecule has 0 spiro atoms. The first-order valence-electron chi connectivity index (χ1n) is 7.44. The highest BCUT2D eigenvalue weighted by Gasteiger charge is 2.09. The number of hydrogen-bond acceptors (Lipinski definition) is 4. The van der Waals surface area contributed by atoms with E-state index in [0.717, 1.165) is 17.1 Å². The molecule has 0 fully saturated rings. The third-order valence-electron chi connectivity index (χ3n) is 3.05. The quantitative estimate of drug-likeness (QED) is 0.814. The number of carbonyl (C=O) groups is 1. The van der Waals surface area contributed by atoms with Gasteiger partial charge in [0.15, 0.2) is 17.3 Å². The van der Waals surface area contributed by atoms with Crippen LogP contribution in [0.3, 0.4) is 0 Å². The lowest BCUT2D eigenvalue weighted by molar-refractivity contribution is 0.0926. The van der Waals surface area contributed by atoms with Gasteiger partial charge in [-0.15, -0.1) is 0 Å². The second kappa shape index (κ2) is 8.12. The first-order chi connectivity index (χ1) is 10.7. The number of benzene rings is 1. The number of rotatable bonds is 8. The molecular formula is C17H21NO4. The predicted molar refractivity (Wildman–Crippen MR) is 83.5 cm³/mol. The Morgan fingerprint density at radius 1 is 1.14 bits per heavy atom. The highest BCUT2D eigenvalue weighted by Crippen LogP contribution is 2.28. The Morgan fingerprint density at radius 2 is 1.91 bits per heavy atom. The second-order valence-corrected chi connectivity index (χ2v) is 4.63. The van der Waals surface area contributed by atoms with Crippen molar-refractivity contribution in [3.05, 3.63) is 47.9 Å². The summed E-state index contributed by atoms with van der Waals surface area (Å²) in [7, 11) is 0. The van der Waals surface area contributed by atoms with E-state index in [2.05, 4.69) is 5.32 Å². The summed E-state index contributed by atoms with van der Waals surface area (Å²) in [5.74, 6) is 1.59. The third kappa shape index (κ3) is 4.28. The summed E-state index contributed by atoms with van der Waals surface area (Å²) in [6.07, 6.45) is 2.19. The van der Waals surface area contributed by atoms with E-state index in [-0.39, 0.29) is 5.91 Å². The fourth-order valence-electron chi connectivity index (χ4n) is 2.07. The lowest BCUT2D eigenvalue weighted by Crippen LogP contribution is -2.25. The topological polar surface area (TPSA) is 60.7 Å². The van der Waals surface area contributed by atoms with Crippen molar-refractivity contribution in [2.24, 2.45) is 0 Å². The summed E-state index contributed by atoms with van der Waals surface area (Å²) in [6.45, 7) is 5.58. The average Bonchev–Trinajstić information content (AvgIpc) is 3.04. The minimum absolute atomic E-state index is 0.207. The summed E-state index contributed by atoms with van der Waals surface area (Å²) in [5, 5.41) is 2.82. The van der Waals surface area contributed by atoms with Crippen molar-refractivity contribution in [2.75, 3.05) is 19.8 Å². The van der Waals surface area contributed by atoms with Crippen molar-refractivity contribution < 1.29 is 18.7 Å². The third-order valence-corrected chi connectivity index (χ3v) is 3.05. The molecule has 0 radical (unpaired) electrons. The van der Waals surface area contributed by atoms with Gasteiger partial charge in [-0.1, -0.05) is 6.07 Å². The SMILES string of the molecule is CCOc1ccc(CCNC(=O)c2ccco2)cc1OCC. The van der Waals surface area contributed by atoms with Crippen molar-refractivity contribution in [1.82, 2.24) is 5.32 Å². The molecule has 2 rings (SSSR count). The van der Waals surface area contributed by atoms with Gasteiger partial charge >= 0.3 is 0 Å². The zero-order chi connectivity index (χ0) is 15.8. The zero-order valence-electron chi connectivity index (χ0n) is 12.9. The molecule has 118 valence electrons. The van der Waals surface area contributed by atoms with Gasteiger partial charge in [-0.25, -0.2) is 0 Å². The Morgan fingerprint density at radius 3 is 2.59 bits per heavy atom. The van der Waals surface area contributed by atoms with Crippen molar-refractivity contribution in [3.63, 3.8) is 0 Å². The van der Waals surface area contributed by atoms with Gasteiger partial charge in [-0.05, 0) is 50.1 Å². The highest BCUT2D eigenvalue weighted by atomic mass is 16.5. The number of hydrogen-bond donors (Lipinski definition) is 1. The van der Waals surface area contributed by atoms with Crippen LogP contribution >= 0.6 is 0 Å². The van der Waals surface area contributed by atoms with Crippen molar-refractivity contribution in [2.45, 2.75) is 20.3 Å². The maximum absolute atomic E-state index is 11.8. The first kappa shape index (κ1) is 15.9. The van der Waals surface area contributed by atoms with E-state index in [1.165, 1.54) is 6.26 Å². The van der Waals surface area contributed by atoms with Gasteiger partial charge in [-0.3, -0.25) is 4.79 Å². The van der Waals surface area contributed by atoms with E-state index in [0.29, 0.717) is 31.9 Å². The zero-order valence-corrected chi connectivity index (χ0v) is 12.9. The maximum atomic E-state index is 11.8. The number of nitrogens with one attached hydrogen (secondary N) is 1. The molecule has 1 aromatic carbocycles. The lowest BCUT2D eigenvalue weighted by Gasteiger charge is -2.12. The summed E-state index contributed by atoms with van der Waals surface area (Å²) in [5.41, 5.74) is 1.08. The normalized spacial score (nSPS) is 10.3. The molecule has 0 atom stereocenters.